The van der Waals surface area contributed by atoms with Gasteiger partial charge in [-0.05, 0) is 17.7 Å². The van der Waals surface area contributed by atoms with Crippen LogP contribution in [0, 0.1) is 17.1 Å². The molecule has 1 unspecified atom stereocenters. The third-order valence-corrected chi connectivity index (χ3v) is 2.60. The molecule has 0 aromatic heterocycles. The molecule has 0 N–H and O–H groups in total. The zero-order valence-electron chi connectivity index (χ0n) is 9.24. The Kier molecular flexibility index (Phi) is 5.08. The van der Waals surface area contributed by atoms with Crippen molar-refractivity contribution in [2.75, 3.05) is 13.7 Å². The first-order chi connectivity index (χ1) is 8.10. The van der Waals surface area contributed by atoms with Crippen molar-refractivity contribution < 1.29 is 13.9 Å². The molecular weight excluding hydrogens is 245 g/mol. The van der Waals surface area contributed by atoms with Crippen LogP contribution in [0.1, 0.15) is 17.9 Å². The fraction of sp³-hybridized carbons (Fsp3) is 0.333. The van der Waals surface area contributed by atoms with Crippen molar-refractivity contribution in [3.63, 3.8) is 0 Å². The van der Waals surface area contributed by atoms with Gasteiger partial charge in [0.1, 0.15) is 11.7 Å². The molecule has 5 heteroatoms. The van der Waals surface area contributed by atoms with E-state index >= 15 is 0 Å². The smallest absolute Gasteiger partial charge is 0.156 e. The number of rotatable bonds is 5. The number of nitriles is 1. The number of hydrogen-bond donors (Lipinski definition) is 0. The number of hydrogen-bond acceptors (Lipinski definition) is 3. The predicted molar refractivity (Wildman–Crippen MR) is 61.3 cm³/mol. The van der Waals surface area contributed by atoms with E-state index in [0.717, 1.165) is 6.07 Å². The first-order valence-corrected chi connectivity index (χ1v) is 5.34. The molecule has 1 aromatic carbocycles. The van der Waals surface area contributed by atoms with E-state index in [1.54, 1.807) is 0 Å². The fourth-order valence-corrected chi connectivity index (χ4v) is 1.67. The summed E-state index contributed by atoms with van der Waals surface area (Å²) in [6.07, 6.45) is 0.127. The van der Waals surface area contributed by atoms with Crippen molar-refractivity contribution in [2.45, 2.75) is 12.3 Å². The van der Waals surface area contributed by atoms with Crippen LogP contribution in [-0.4, -0.2) is 19.5 Å². The molecule has 0 spiro atoms. The molecule has 0 aliphatic heterocycles. The van der Waals surface area contributed by atoms with Gasteiger partial charge in [-0.1, -0.05) is 17.7 Å². The van der Waals surface area contributed by atoms with E-state index in [0.29, 0.717) is 5.56 Å². The number of ether oxygens (including phenoxy) is 1. The highest BCUT2D eigenvalue weighted by Gasteiger charge is 2.22. The van der Waals surface area contributed by atoms with E-state index in [1.165, 1.54) is 19.2 Å². The first-order valence-electron chi connectivity index (χ1n) is 4.96. The van der Waals surface area contributed by atoms with Crippen LogP contribution in [0.3, 0.4) is 0 Å². The lowest BCUT2D eigenvalue weighted by Crippen LogP contribution is -2.13. The number of carbonyl (C=O) groups is 1. The molecule has 0 aliphatic rings. The van der Waals surface area contributed by atoms with E-state index in [1.807, 2.05) is 6.07 Å². The van der Waals surface area contributed by atoms with E-state index < -0.39 is 11.7 Å². The van der Waals surface area contributed by atoms with Gasteiger partial charge in [-0.15, -0.1) is 0 Å². The van der Waals surface area contributed by atoms with Crippen LogP contribution in [0.2, 0.25) is 5.02 Å². The van der Waals surface area contributed by atoms with Crippen LogP contribution in [0.5, 0.6) is 0 Å². The van der Waals surface area contributed by atoms with Crippen molar-refractivity contribution in [1.29, 1.82) is 5.26 Å². The summed E-state index contributed by atoms with van der Waals surface area (Å²) in [5, 5.41) is 9.06. The van der Waals surface area contributed by atoms with Crippen molar-refractivity contribution in [3.05, 3.63) is 34.6 Å². The lowest BCUT2D eigenvalue weighted by molar-refractivity contribution is -0.120. The summed E-state index contributed by atoms with van der Waals surface area (Å²) >= 11 is 5.81. The van der Waals surface area contributed by atoms with Gasteiger partial charge in [-0.25, -0.2) is 4.39 Å². The highest BCUT2D eigenvalue weighted by Crippen LogP contribution is 2.26. The van der Waals surface area contributed by atoms with Gasteiger partial charge < -0.3 is 4.74 Å². The molecule has 0 amide bonds. The Morgan fingerprint density at radius 3 is 2.88 bits per heavy atom. The van der Waals surface area contributed by atoms with Gasteiger partial charge in [0, 0.05) is 18.6 Å². The number of Topliss-reactive ketones (excluding diaryl/α,β-unsaturated/α-hetero) is 1. The normalized spacial score (nSPS) is 11.9. The number of nitrogens with zero attached hydrogens (tertiary/aromatic N) is 1. The summed E-state index contributed by atoms with van der Waals surface area (Å²) in [4.78, 5) is 11.7. The number of methoxy groups -OCH3 is 1. The fourth-order valence-electron chi connectivity index (χ4n) is 1.40. The maximum Gasteiger partial charge on any atom is 0.156 e. The number of ketones is 1. The van der Waals surface area contributed by atoms with Crippen molar-refractivity contribution in [2.24, 2.45) is 0 Å². The van der Waals surface area contributed by atoms with Gasteiger partial charge in [0.05, 0.1) is 12.7 Å². The highest BCUT2D eigenvalue weighted by atomic mass is 35.5. The lowest BCUT2D eigenvalue weighted by atomic mass is 9.94. The second kappa shape index (κ2) is 6.33. The van der Waals surface area contributed by atoms with E-state index in [2.05, 4.69) is 0 Å². The van der Waals surface area contributed by atoms with Crippen LogP contribution in [-0.2, 0) is 9.53 Å². The van der Waals surface area contributed by atoms with Crippen LogP contribution >= 0.6 is 11.6 Å². The second-order valence-corrected chi connectivity index (χ2v) is 3.84. The third-order valence-electron chi connectivity index (χ3n) is 2.28. The van der Waals surface area contributed by atoms with Crippen molar-refractivity contribution in [3.8, 4) is 6.07 Å². The molecule has 0 saturated carbocycles. The molecule has 3 nitrogen and oxygen atoms in total. The summed E-state index contributed by atoms with van der Waals surface area (Å²) in [5.74, 6) is -1.76. The van der Waals surface area contributed by atoms with E-state index in [9.17, 15) is 9.18 Å². The van der Waals surface area contributed by atoms with Gasteiger partial charge >= 0.3 is 0 Å². The summed E-state index contributed by atoms with van der Waals surface area (Å²) in [6, 6.07) is 5.50. The largest absolute Gasteiger partial charge is 0.384 e. The number of halogens is 2. The summed E-state index contributed by atoms with van der Waals surface area (Å²) in [6.45, 7) is 0.246. The molecule has 0 bridgehead atoms. The predicted octanol–water partition coefficient (Wildman–Crippen LogP) is 2.69. The number of carbonyl (C=O) groups excluding carboxylic acids is 1. The number of benzene rings is 1. The molecule has 1 atom stereocenters. The minimum atomic E-state index is -0.974. The van der Waals surface area contributed by atoms with E-state index in [4.69, 9.17) is 21.6 Å². The third kappa shape index (κ3) is 3.52. The molecule has 0 radical (unpaired) electrons. The van der Waals surface area contributed by atoms with Gasteiger partial charge in [0.25, 0.3) is 0 Å². The van der Waals surface area contributed by atoms with Gasteiger partial charge in [-0.3, -0.25) is 4.79 Å². The summed E-state index contributed by atoms with van der Waals surface area (Å²) in [7, 11) is 1.47. The molecule has 17 heavy (non-hydrogen) atoms. The Bertz CT molecular complexity index is 456. The minimum Gasteiger partial charge on any atom is -0.384 e. The van der Waals surface area contributed by atoms with Crippen LogP contribution < -0.4 is 0 Å². The lowest BCUT2D eigenvalue weighted by Gasteiger charge is -2.10. The average Bonchev–Trinajstić information content (AvgIpc) is 2.30. The quantitative estimate of drug-likeness (QED) is 0.813. The first kappa shape index (κ1) is 13.6. The van der Waals surface area contributed by atoms with Gasteiger partial charge in [0.2, 0.25) is 0 Å². The Morgan fingerprint density at radius 1 is 1.65 bits per heavy atom. The standard InChI is InChI=1S/C12H11ClFNO2/c1-17-5-4-12(16)10(7-15)9-3-2-8(14)6-11(9)13/h2-3,6,10H,4-5H2,1H3. The zero-order chi connectivity index (χ0) is 12.8. The molecule has 90 valence electrons. The van der Waals surface area contributed by atoms with Crippen LogP contribution in [0.15, 0.2) is 18.2 Å². The Labute approximate surface area is 104 Å². The monoisotopic (exact) mass is 255 g/mol. The molecule has 0 aliphatic carbocycles. The van der Waals surface area contributed by atoms with Crippen LogP contribution in [0.25, 0.3) is 0 Å². The maximum atomic E-state index is 12.8. The molecule has 0 fully saturated rings. The molecule has 0 saturated heterocycles. The summed E-state index contributed by atoms with van der Waals surface area (Å²) < 4.78 is 17.6. The Hall–Kier alpha value is -1.44. The van der Waals surface area contributed by atoms with Crippen molar-refractivity contribution >= 4 is 17.4 Å². The van der Waals surface area contributed by atoms with E-state index in [-0.39, 0.29) is 23.8 Å². The Balaban J connectivity index is 2.94. The van der Waals surface area contributed by atoms with Gasteiger partial charge in [0.15, 0.2) is 5.78 Å². The minimum absolute atomic E-state index is 0.0855. The topological polar surface area (TPSA) is 50.1 Å². The average molecular weight is 256 g/mol. The highest BCUT2D eigenvalue weighted by molar-refractivity contribution is 6.31. The second-order valence-electron chi connectivity index (χ2n) is 3.44. The van der Waals surface area contributed by atoms with Crippen LogP contribution in [0.4, 0.5) is 4.39 Å². The molecule has 1 aromatic rings. The molecular formula is C12H11ClFNO2. The van der Waals surface area contributed by atoms with Gasteiger partial charge in [-0.2, -0.15) is 5.26 Å². The Morgan fingerprint density at radius 2 is 2.35 bits per heavy atom. The summed E-state index contributed by atoms with van der Waals surface area (Å²) in [5.41, 5.74) is 0.330. The SMILES string of the molecule is COCCC(=O)C(C#N)c1ccc(F)cc1Cl. The van der Waals surface area contributed by atoms with Crippen molar-refractivity contribution in [1.82, 2.24) is 0 Å². The molecule has 1 rings (SSSR count). The maximum absolute atomic E-state index is 12.8. The molecule has 0 heterocycles. The zero-order valence-corrected chi connectivity index (χ0v) is 10.00.